The van der Waals surface area contributed by atoms with Crippen molar-refractivity contribution in [1.29, 1.82) is 0 Å². The van der Waals surface area contributed by atoms with E-state index < -0.39 is 11.8 Å². The van der Waals surface area contributed by atoms with Crippen molar-refractivity contribution >= 4 is 33.6 Å². The molecule has 0 saturated carbocycles. The van der Waals surface area contributed by atoms with E-state index in [1.54, 1.807) is 12.1 Å². The van der Waals surface area contributed by atoms with Crippen molar-refractivity contribution in [2.75, 3.05) is 0 Å². The summed E-state index contributed by atoms with van der Waals surface area (Å²) in [6.45, 7) is 4.06. The van der Waals surface area contributed by atoms with E-state index in [9.17, 15) is 14.7 Å². The number of hydrogen-bond donors (Lipinski definition) is 2. The third-order valence-corrected chi connectivity index (χ3v) is 4.31. The van der Waals surface area contributed by atoms with E-state index in [-0.39, 0.29) is 12.2 Å². The summed E-state index contributed by atoms with van der Waals surface area (Å²) in [5.41, 5.74) is 2.89. The van der Waals surface area contributed by atoms with Gasteiger partial charge in [0.15, 0.2) is 0 Å². The molecule has 0 bridgehead atoms. The van der Waals surface area contributed by atoms with Crippen LogP contribution in [0.3, 0.4) is 0 Å². The molecule has 0 aliphatic carbocycles. The first-order valence-corrected chi connectivity index (χ1v) is 7.31. The van der Waals surface area contributed by atoms with Crippen LogP contribution in [0.4, 0.5) is 0 Å². The monoisotopic (exact) mass is 306 g/mol. The maximum atomic E-state index is 12.3. The zero-order valence-electron chi connectivity index (χ0n) is 12.3. The van der Waals surface area contributed by atoms with E-state index >= 15 is 0 Å². The lowest BCUT2D eigenvalue weighted by Crippen LogP contribution is -2.20. The fourth-order valence-electron chi connectivity index (χ4n) is 3.42. The minimum Gasteiger partial charge on any atom is -0.392 e. The number of amides is 2. The second kappa shape index (κ2) is 4.79. The van der Waals surface area contributed by atoms with Crippen LogP contribution in [-0.4, -0.2) is 21.5 Å². The lowest BCUT2D eigenvalue weighted by molar-refractivity contribution is 0.0879. The number of aromatic nitrogens is 1. The molecule has 2 aromatic carbocycles. The zero-order chi connectivity index (χ0) is 16.1. The van der Waals surface area contributed by atoms with E-state index in [1.807, 2.05) is 28.8 Å². The smallest absolute Gasteiger partial charge is 0.259 e. The van der Waals surface area contributed by atoms with Crippen LogP contribution in [0, 0.1) is 0 Å². The largest absolute Gasteiger partial charge is 0.392 e. The van der Waals surface area contributed by atoms with Crippen LogP contribution in [0.25, 0.3) is 21.8 Å². The molecule has 3 aromatic rings. The average Bonchev–Trinajstić information content (AvgIpc) is 3.03. The quantitative estimate of drug-likeness (QED) is 0.576. The van der Waals surface area contributed by atoms with Gasteiger partial charge in [0, 0.05) is 22.8 Å². The Morgan fingerprint density at radius 1 is 1.13 bits per heavy atom. The molecule has 0 saturated heterocycles. The number of hydrogen-bond acceptors (Lipinski definition) is 3. The van der Waals surface area contributed by atoms with Gasteiger partial charge in [0.25, 0.3) is 11.8 Å². The molecule has 2 heterocycles. The number of benzene rings is 2. The van der Waals surface area contributed by atoms with Crippen LogP contribution >= 0.6 is 0 Å². The number of nitrogens with one attached hydrogen (secondary N) is 1. The molecule has 1 aliphatic rings. The molecule has 0 radical (unpaired) electrons. The Hall–Kier alpha value is -2.92. The van der Waals surface area contributed by atoms with Gasteiger partial charge in [-0.15, -0.1) is 6.58 Å². The maximum Gasteiger partial charge on any atom is 0.259 e. The molecule has 0 spiro atoms. The molecule has 114 valence electrons. The highest BCUT2D eigenvalue weighted by Gasteiger charge is 2.33. The van der Waals surface area contributed by atoms with Crippen molar-refractivity contribution in [2.45, 2.75) is 13.2 Å². The lowest BCUT2D eigenvalue weighted by Gasteiger charge is -2.07. The summed E-state index contributed by atoms with van der Waals surface area (Å²) in [4.78, 5) is 24.4. The fraction of sp³-hybridized carbons (Fsp3) is 0.111. The van der Waals surface area contributed by atoms with Gasteiger partial charge in [-0.1, -0.05) is 24.3 Å². The van der Waals surface area contributed by atoms with E-state index in [2.05, 4.69) is 11.9 Å². The number of allylic oxidation sites excluding steroid dienone is 1. The molecular formula is C18H14N2O3. The first kappa shape index (κ1) is 13.7. The number of para-hydroxylation sites is 1. The predicted molar refractivity (Wildman–Crippen MR) is 87.4 cm³/mol. The van der Waals surface area contributed by atoms with Crippen LogP contribution in [0.1, 0.15) is 26.3 Å². The van der Waals surface area contributed by atoms with Gasteiger partial charge in [-0.2, -0.15) is 0 Å². The molecular weight excluding hydrogens is 292 g/mol. The summed E-state index contributed by atoms with van der Waals surface area (Å²) in [5.74, 6) is -0.858. The van der Waals surface area contributed by atoms with Gasteiger partial charge in [0.2, 0.25) is 0 Å². The van der Waals surface area contributed by atoms with Crippen LogP contribution in [-0.2, 0) is 13.2 Å². The number of nitrogens with zero attached hydrogens (tertiary/aromatic N) is 1. The highest BCUT2D eigenvalue weighted by molar-refractivity contribution is 6.30. The molecule has 0 unspecified atom stereocenters. The minimum absolute atomic E-state index is 0.284. The molecule has 2 N–H and O–H groups in total. The Morgan fingerprint density at radius 3 is 2.61 bits per heavy atom. The Kier molecular flexibility index (Phi) is 2.86. The molecule has 4 rings (SSSR count). The first-order chi connectivity index (χ1) is 11.2. The molecule has 0 atom stereocenters. The van der Waals surface area contributed by atoms with E-state index in [0.717, 1.165) is 21.8 Å². The Bertz CT molecular complexity index is 1010. The van der Waals surface area contributed by atoms with Crippen molar-refractivity contribution in [2.24, 2.45) is 0 Å². The lowest BCUT2D eigenvalue weighted by atomic mass is 9.97. The van der Waals surface area contributed by atoms with Crippen LogP contribution in [0.2, 0.25) is 0 Å². The third kappa shape index (κ3) is 1.71. The highest BCUT2D eigenvalue weighted by Crippen LogP contribution is 2.37. The molecule has 1 aromatic heterocycles. The second-order valence-corrected chi connectivity index (χ2v) is 5.54. The van der Waals surface area contributed by atoms with E-state index in [4.69, 9.17) is 0 Å². The Morgan fingerprint density at radius 2 is 1.87 bits per heavy atom. The van der Waals surface area contributed by atoms with Gasteiger partial charge in [0.05, 0.1) is 23.3 Å². The first-order valence-electron chi connectivity index (χ1n) is 7.31. The summed E-state index contributed by atoms with van der Waals surface area (Å²) in [6, 6.07) is 9.53. The van der Waals surface area contributed by atoms with Crippen LogP contribution < -0.4 is 5.32 Å². The fourth-order valence-corrected chi connectivity index (χ4v) is 3.42. The molecule has 1 aliphatic heterocycles. The van der Waals surface area contributed by atoms with Gasteiger partial charge in [-0.25, -0.2) is 0 Å². The number of aliphatic hydroxyl groups excluding tert-OH is 1. The summed E-state index contributed by atoms with van der Waals surface area (Å²) in [6.07, 6.45) is 1.78. The molecule has 5 heteroatoms. The third-order valence-electron chi connectivity index (χ3n) is 4.31. The van der Waals surface area contributed by atoms with Crippen LogP contribution in [0.15, 0.2) is 43.0 Å². The van der Waals surface area contributed by atoms with Gasteiger partial charge in [0.1, 0.15) is 0 Å². The van der Waals surface area contributed by atoms with Gasteiger partial charge < -0.3 is 9.67 Å². The van der Waals surface area contributed by atoms with E-state index in [0.29, 0.717) is 17.7 Å². The molecule has 23 heavy (non-hydrogen) atoms. The minimum atomic E-state index is -0.448. The normalized spacial score (nSPS) is 13.6. The summed E-state index contributed by atoms with van der Waals surface area (Å²) < 4.78 is 2.03. The van der Waals surface area contributed by atoms with Crippen LogP contribution in [0.5, 0.6) is 0 Å². The number of imide groups is 1. The van der Waals surface area contributed by atoms with Gasteiger partial charge >= 0.3 is 0 Å². The predicted octanol–water partition coefficient (Wildman–Crippen LogP) is 2.36. The number of aliphatic hydroxyl groups is 1. The van der Waals surface area contributed by atoms with Gasteiger partial charge in [-0.3, -0.25) is 14.9 Å². The summed E-state index contributed by atoms with van der Waals surface area (Å²) >= 11 is 0. The van der Waals surface area contributed by atoms with E-state index in [1.165, 1.54) is 0 Å². The summed E-state index contributed by atoms with van der Waals surface area (Å²) in [5, 5.41) is 13.6. The van der Waals surface area contributed by atoms with Crippen molar-refractivity contribution in [1.82, 2.24) is 9.88 Å². The zero-order valence-corrected chi connectivity index (χ0v) is 12.3. The average molecular weight is 306 g/mol. The molecule has 0 fully saturated rings. The maximum absolute atomic E-state index is 12.3. The Balaban J connectivity index is 2.28. The molecule has 5 nitrogen and oxygen atoms in total. The number of carbonyl (C=O) groups is 2. The summed E-state index contributed by atoms with van der Waals surface area (Å²) in [7, 11) is 0. The molecule has 2 amide bonds. The highest BCUT2D eigenvalue weighted by atomic mass is 16.3. The second-order valence-electron chi connectivity index (χ2n) is 5.54. The standard InChI is InChI=1S/C18H14N2O3/c1-2-7-20-12-6-4-3-5-11(12)15-13(20)8-10(9-21)14-16(15)18(23)19-17(14)22/h2-6,8,21H,1,7,9H2,(H,19,22,23). The van der Waals surface area contributed by atoms with Crippen molar-refractivity contribution in [3.8, 4) is 0 Å². The SMILES string of the molecule is C=CCn1c2ccccc2c2c3c(c(CO)cc21)C(=O)NC3=O. The number of rotatable bonds is 3. The Labute approximate surface area is 131 Å². The number of carbonyl (C=O) groups excluding carboxylic acids is 2. The van der Waals surface area contributed by atoms with Crippen molar-refractivity contribution in [3.63, 3.8) is 0 Å². The number of fused-ring (bicyclic) bond motifs is 5. The van der Waals surface area contributed by atoms with Crippen molar-refractivity contribution < 1.29 is 14.7 Å². The van der Waals surface area contributed by atoms with Crippen molar-refractivity contribution in [3.05, 3.63) is 59.7 Å². The topological polar surface area (TPSA) is 71.3 Å². The van der Waals surface area contributed by atoms with Gasteiger partial charge in [-0.05, 0) is 17.7 Å².